The minimum Gasteiger partial charge on any atom is -0.385 e. The molecule has 1 saturated carbocycles. The highest BCUT2D eigenvalue weighted by Gasteiger charge is 2.22. The fourth-order valence-electron chi connectivity index (χ4n) is 3.68. The fraction of sp³-hybridized carbons (Fsp3) is 0.611. The van der Waals surface area contributed by atoms with Crippen LogP contribution in [0.1, 0.15) is 61.4 Å². The summed E-state index contributed by atoms with van der Waals surface area (Å²) in [6.45, 7) is 3.30. The van der Waals surface area contributed by atoms with Crippen molar-refractivity contribution in [3.8, 4) is 0 Å². The van der Waals surface area contributed by atoms with Gasteiger partial charge in [0.25, 0.3) is 5.91 Å². The minimum atomic E-state index is 0.102. The van der Waals surface area contributed by atoms with E-state index in [4.69, 9.17) is 0 Å². The van der Waals surface area contributed by atoms with Crippen LogP contribution >= 0.6 is 0 Å². The summed E-state index contributed by atoms with van der Waals surface area (Å²) < 4.78 is 0. The number of carbonyl (C=O) groups excluding carboxylic acids is 1. The van der Waals surface area contributed by atoms with Gasteiger partial charge >= 0.3 is 0 Å². The van der Waals surface area contributed by atoms with Gasteiger partial charge in [0.05, 0.1) is 0 Å². The Hall–Kier alpha value is -1.51. The molecule has 1 fully saturated rings. The quantitative estimate of drug-likeness (QED) is 0.888. The van der Waals surface area contributed by atoms with Gasteiger partial charge in [0.2, 0.25) is 0 Å². The highest BCUT2D eigenvalue weighted by Crippen LogP contribution is 2.27. The predicted octanol–water partition coefficient (Wildman–Crippen LogP) is 3.74. The van der Waals surface area contributed by atoms with Crippen LogP contribution in [0.4, 0.5) is 5.69 Å². The minimum absolute atomic E-state index is 0.102. The van der Waals surface area contributed by atoms with Crippen LogP contribution < -0.4 is 10.6 Å². The number of benzene rings is 1. The highest BCUT2D eigenvalue weighted by atomic mass is 16.1. The van der Waals surface area contributed by atoms with Crippen LogP contribution in [0.15, 0.2) is 18.2 Å². The maximum absolute atomic E-state index is 12.5. The molecule has 3 rings (SSSR count). The van der Waals surface area contributed by atoms with Gasteiger partial charge in [-0.3, -0.25) is 4.79 Å². The first kappa shape index (κ1) is 14.4. The molecule has 1 aliphatic carbocycles. The van der Waals surface area contributed by atoms with Gasteiger partial charge in [-0.2, -0.15) is 0 Å². The van der Waals surface area contributed by atoms with Crippen molar-refractivity contribution in [3.63, 3.8) is 0 Å². The van der Waals surface area contributed by atoms with Crippen molar-refractivity contribution in [1.82, 2.24) is 5.32 Å². The SMILES string of the molecule is CCC1CCCC(NC(=O)c2ccc3c(c2)CCCN3)C1. The van der Waals surface area contributed by atoms with Gasteiger partial charge in [-0.1, -0.05) is 26.2 Å². The molecule has 2 N–H and O–H groups in total. The van der Waals surface area contributed by atoms with Crippen LogP contribution in [0.25, 0.3) is 0 Å². The summed E-state index contributed by atoms with van der Waals surface area (Å²) >= 11 is 0. The largest absolute Gasteiger partial charge is 0.385 e. The molecule has 21 heavy (non-hydrogen) atoms. The lowest BCUT2D eigenvalue weighted by Gasteiger charge is -2.29. The van der Waals surface area contributed by atoms with Crippen molar-refractivity contribution in [2.45, 2.75) is 57.9 Å². The molecule has 114 valence electrons. The van der Waals surface area contributed by atoms with E-state index in [1.807, 2.05) is 6.07 Å². The number of hydrogen-bond donors (Lipinski definition) is 2. The van der Waals surface area contributed by atoms with Gasteiger partial charge in [0.1, 0.15) is 0 Å². The molecule has 1 aromatic rings. The van der Waals surface area contributed by atoms with E-state index in [0.717, 1.165) is 43.7 Å². The first-order chi connectivity index (χ1) is 10.3. The Bertz CT molecular complexity index is 512. The Morgan fingerprint density at radius 1 is 1.33 bits per heavy atom. The zero-order valence-corrected chi connectivity index (χ0v) is 13.0. The Kier molecular flexibility index (Phi) is 4.47. The standard InChI is InChI=1S/C18H26N2O/c1-2-13-5-3-7-16(11-13)20-18(21)15-8-9-17-14(12-15)6-4-10-19-17/h8-9,12-13,16,19H,2-7,10-11H2,1H3,(H,20,21). The van der Waals surface area contributed by atoms with Crippen LogP contribution in [0, 0.1) is 5.92 Å². The molecule has 0 bridgehead atoms. The zero-order chi connectivity index (χ0) is 14.7. The van der Waals surface area contributed by atoms with Crippen LogP contribution in [0.3, 0.4) is 0 Å². The summed E-state index contributed by atoms with van der Waals surface area (Å²) in [7, 11) is 0. The van der Waals surface area contributed by atoms with E-state index in [9.17, 15) is 4.79 Å². The summed E-state index contributed by atoms with van der Waals surface area (Å²) in [6.07, 6.45) is 8.31. The smallest absolute Gasteiger partial charge is 0.251 e. The normalized spacial score (nSPS) is 24.8. The van der Waals surface area contributed by atoms with E-state index in [-0.39, 0.29) is 5.91 Å². The van der Waals surface area contributed by atoms with E-state index in [0.29, 0.717) is 6.04 Å². The van der Waals surface area contributed by atoms with Crippen LogP contribution in [0.5, 0.6) is 0 Å². The summed E-state index contributed by atoms with van der Waals surface area (Å²) in [5.74, 6) is 0.891. The molecule has 3 nitrogen and oxygen atoms in total. The third-order valence-corrected chi connectivity index (χ3v) is 5.00. The number of anilines is 1. The summed E-state index contributed by atoms with van der Waals surface area (Å²) in [5.41, 5.74) is 3.29. The van der Waals surface area contributed by atoms with Crippen LogP contribution in [-0.2, 0) is 6.42 Å². The first-order valence-electron chi connectivity index (χ1n) is 8.44. The van der Waals surface area contributed by atoms with Crippen molar-refractivity contribution in [2.75, 3.05) is 11.9 Å². The molecule has 2 unspecified atom stereocenters. The van der Waals surface area contributed by atoms with Crippen LogP contribution in [-0.4, -0.2) is 18.5 Å². The number of amides is 1. The molecule has 1 amide bonds. The average molecular weight is 286 g/mol. The molecule has 2 aliphatic rings. The maximum atomic E-state index is 12.5. The molecule has 2 atom stereocenters. The Labute approximate surface area is 127 Å². The van der Waals surface area contributed by atoms with Crippen molar-refractivity contribution >= 4 is 11.6 Å². The summed E-state index contributed by atoms with van der Waals surface area (Å²) in [6, 6.07) is 6.44. The van der Waals surface area contributed by atoms with Crippen molar-refractivity contribution in [3.05, 3.63) is 29.3 Å². The maximum Gasteiger partial charge on any atom is 0.251 e. The van der Waals surface area contributed by atoms with Gasteiger partial charge in [-0.25, -0.2) is 0 Å². The third kappa shape index (κ3) is 3.39. The molecule has 1 heterocycles. The fourth-order valence-corrected chi connectivity index (χ4v) is 3.68. The lowest BCUT2D eigenvalue weighted by atomic mass is 9.84. The number of hydrogen-bond acceptors (Lipinski definition) is 2. The zero-order valence-electron chi connectivity index (χ0n) is 13.0. The molecule has 0 aromatic heterocycles. The third-order valence-electron chi connectivity index (χ3n) is 5.00. The van der Waals surface area contributed by atoms with Gasteiger partial charge in [-0.05, 0) is 55.4 Å². The second-order valence-corrected chi connectivity index (χ2v) is 6.51. The van der Waals surface area contributed by atoms with Gasteiger partial charge < -0.3 is 10.6 Å². The summed E-state index contributed by atoms with van der Waals surface area (Å²) in [4.78, 5) is 12.5. The number of fused-ring (bicyclic) bond motifs is 1. The predicted molar refractivity (Wildman–Crippen MR) is 86.8 cm³/mol. The highest BCUT2D eigenvalue weighted by molar-refractivity contribution is 5.95. The van der Waals surface area contributed by atoms with E-state index in [1.165, 1.54) is 30.5 Å². The van der Waals surface area contributed by atoms with E-state index in [2.05, 4.69) is 29.7 Å². The van der Waals surface area contributed by atoms with Crippen molar-refractivity contribution < 1.29 is 4.79 Å². The lowest BCUT2D eigenvalue weighted by Crippen LogP contribution is -2.38. The summed E-state index contributed by atoms with van der Waals surface area (Å²) in [5, 5.41) is 6.64. The van der Waals surface area contributed by atoms with Crippen molar-refractivity contribution in [1.29, 1.82) is 0 Å². The van der Waals surface area contributed by atoms with E-state index in [1.54, 1.807) is 0 Å². The Morgan fingerprint density at radius 2 is 2.24 bits per heavy atom. The van der Waals surface area contributed by atoms with Gasteiger partial charge in [-0.15, -0.1) is 0 Å². The Balaban J connectivity index is 1.65. The second kappa shape index (κ2) is 6.50. The molecule has 0 spiro atoms. The van der Waals surface area contributed by atoms with E-state index < -0.39 is 0 Å². The molecule has 1 aromatic carbocycles. The molecule has 0 radical (unpaired) electrons. The van der Waals surface area contributed by atoms with Gasteiger partial charge in [0, 0.05) is 23.8 Å². The molecule has 3 heteroatoms. The number of nitrogens with one attached hydrogen (secondary N) is 2. The number of aryl methyl sites for hydroxylation is 1. The second-order valence-electron chi connectivity index (χ2n) is 6.51. The Morgan fingerprint density at radius 3 is 3.10 bits per heavy atom. The van der Waals surface area contributed by atoms with E-state index >= 15 is 0 Å². The number of rotatable bonds is 3. The van der Waals surface area contributed by atoms with Crippen molar-refractivity contribution in [2.24, 2.45) is 5.92 Å². The molecule has 0 saturated heterocycles. The first-order valence-corrected chi connectivity index (χ1v) is 8.44. The number of carbonyl (C=O) groups is 1. The molecular formula is C18H26N2O. The molecule has 1 aliphatic heterocycles. The van der Waals surface area contributed by atoms with Crippen LogP contribution in [0.2, 0.25) is 0 Å². The monoisotopic (exact) mass is 286 g/mol. The lowest BCUT2D eigenvalue weighted by molar-refractivity contribution is 0.0919. The van der Waals surface area contributed by atoms with Gasteiger partial charge in [0.15, 0.2) is 0 Å². The molecular weight excluding hydrogens is 260 g/mol. The average Bonchev–Trinajstić information content (AvgIpc) is 2.54. The topological polar surface area (TPSA) is 41.1 Å².